The van der Waals surface area contributed by atoms with Crippen molar-refractivity contribution in [3.8, 4) is 73.2 Å². The van der Waals surface area contributed by atoms with Gasteiger partial charge in [0.05, 0.1) is 16.7 Å². The number of fused-ring (bicyclic) bond motifs is 4. The molecular formula is C55H36N4. The Morgan fingerprint density at radius 1 is 0.254 bits per heavy atom. The number of benzene rings is 9. The summed E-state index contributed by atoms with van der Waals surface area (Å²) >= 11 is 0. The van der Waals surface area contributed by atoms with Crippen LogP contribution in [0.3, 0.4) is 0 Å². The van der Waals surface area contributed by atoms with Crippen molar-refractivity contribution in [2.45, 2.75) is 0 Å². The van der Waals surface area contributed by atoms with Crippen LogP contribution in [0.2, 0.25) is 0 Å². The van der Waals surface area contributed by atoms with Crippen molar-refractivity contribution in [1.82, 2.24) is 19.5 Å². The minimum absolute atomic E-state index is 0.606. The van der Waals surface area contributed by atoms with Gasteiger partial charge in [0.1, 0.15) is 0 Å². The summed E-state index contributed by atoms with van der Waals surface area (Å²) in [5.41, 5.74) is 13.0. The van der Waals surface area contributed by atoms with Crippen molar-refractivity contribution in [2.75, 3.05) is 0 Å². The first-order chi connectivity index (χ1) is 29.3. The van der Waals surface area contributed by atoms with Crippen LogP contribution in [0.4, 0.5) is 0 Å². The minimum Gasteiger partial charge on any atom is -0.309 e. The molecule has 0 radical (unpaired) electrons. The van der Waals surface area contributed by atoms with E-state index in [1.165, 1.54) is 21.9 Å². The second-order valence-corrected chi connectivity index (χ2v) is 14.8. The summed E-state index contributed by atoms with van der Waals surface area (Å²) in [5.74, 6) is 1.85. The average molecular weight is 753 g/mol. The van der Waals surface area contributed by atoms with E-state index >= 15 is 0 Å². The Morgan fingerprint density at radius 3 is 1.31 bits per heavy atom. The molecule has 4 nitrogen and oxygen atoms in total. The van der Waals surface area contributed by atoms with E-state index in [9.17, 15) is 0 Å². The minimum atomic E-state index is 0.606. The Kier molecular flexibility index (Phi) is 8.45. The Bertz CT molecular complexity index is 3250. The molecule has 0 saturated heterocycles. The maximum Gasteiger partial charge on any atom is 0.164 e. The van der Waals surface area contributed by atoms with E-state index in [1.54, 1.807) is 0 Å². The lowest BCUT2D eigenvalue weighted by molar-refractivity contribution is 1.07. The SMILES string of the molecule is c1ccc(-c2ccc(-c3nc(-c4ccc(-c5ccccc5)c(-n5c6ccccc6c6ccccc65)c4)nc(-c4cccc5c(-c6ccccc6)cccc45)n3)cc2)cc1. The van der Waals surface area contributed by atoms with Gasteiger partial charge in [0.2, 0.25) is 0 Å². The molecule has 0 saturated carbocycles. The van der Waals surface area contributed by atoms with Crippen LogP contribution in [0, 0.1) is 0 Å². The Balaban J connectivity index is 1.15. The third-order valence-corrected chi connectivity index (χ3v) is 11.3. The van der Waals surface area contributed by atoms with E-state index in [4.69, 9.17) is 15.0 Å². The van der Waals surface area contributed by atoms with Crippen molar-refractivity contribution in [3.63, 3.8) is 0 Å². The zero-order chi connectivity index (χ0) is 39.1. The molecule has 0 bridgehead atoms. The van der Waals surface area contributed by atoms with Gasteiger partial charge in [0.25, 0.3) is 0 Å². The smallest absolute Gasteiger partial charge is 0.164 e. The molecular weight excluding hydrogens is 717 g/mol. The van der Waals surface area contributed by atoms with Gasteiger partial charge in [0.15, 0.2) is 17.5 Å². The average Bonchev–Trinajstić information content (AvgIpc) is 3.66. The fourth-order valence-corrected chi connectivity index (χ4v) is 8.47. The lowest BCUT2D eigenvalue weighted by Crippen LogP contribution is -2.02. The van der Waals surface area contributed by atoms with Gasteiger partial charge in [-0.2, -0.15) is 0 Å². The first-order valence-corrected chi connectivity index (χ1v) is 19.9. The van der Waals surface area contributed by atoms with E-state index in [0.717, 1.165) is 66.4 Å². The van der Waals surface area contributed by atoms with Crippen molar-refractivity contribution < 1.29 is 0 Å². The van der Waals surface area contributed by atoms with Crippen LogP contribution in [0.15, 0.2) is 218 Å². The fraction of sp³-hybridized carbons (Fsp3) is 0. The summed E-state index contributed by atoms with van der Waals surface area (Å²) in [4.78, 5) is 15.8. The largest absolute Gasteiger partial charge is 0.309 e. The first kappa shape index (κ1) is 34.3. The van der Waals surface area contributed by atoms with Crippen LogP contribution < -0.4 is 0 Å². The Morgan fingerprint density at radius 2 is 0.678 bits per heavy atom. The van der Waals surface area contributed by atoms with Crippen LogP contribution in [-0.2, 0) is 0 Å². The van der Waals surface area contributed by atoms with Crippen molar-refractivity contribution in [1.29, 1.82) is 0 Å². The van der Waals surface area contributed by atoms with Crippen LogP contribution in [0.5, 0.6) is 0 Å². The predicted molar refractivity (Wildman–Crippen MR) is 244 cm³/mol. The van der Waals surface area contributed by atoms with E-state index in [0.29, 0.717) is 17.5 Å². The molecule has 11 rings (SSSR count). The molecule has 4 heteroatoms. The van der Waals surface area contributed by atoms with E-state index in [-0.39, 0.29) is 0 Å². The highest BCUT2D eigenvalue weighted by atomic mass is 15.0. The van der Waals surface area contributed by atoms with Gasteiger partial charge in [-0.05, 0) is 56.8 Å². The number of aromatic nitrogens is 4. The molecule has 276 valence electrons. The van der Waals surface area contributed by atoms with Gasteiger partial charge in [-0.15, -0.1) is 0 Å². The summed E-state index contributed by atoms with van der Waals surface area (Å²) in [6.45, 7) is 0. The molecule has 0 atom stereocenters. The van der Waals surface area contributed by atoms with Gasteiger partial charge in [-0.25, -0.2) is 15.0 Å². The maximum atomic E-state index is 5.34. The first-order valence-electron chi connectivity index (χ1n) is 19.9. The lowest BCUT2D eigenvalue weighted by Gasteiger charge is -2.16. The van der Waals surface area contributed by atoms with E-state index in [1.807, 2.05) is 6.07 Å². The second-order valence-electron chi connectivity index (χ2n) is 14.8. The van der Waals surface area contributed by atoms with Crippen molar-refractivity contribution in [2.24, 2.45) is 0 Å². The summed E-state index contributed by atoms with van der Waals surface area (Å²) in [5, 5.41) is 4.65. The molecule has 0 fully saturated rings. The van der Waals surface area contributed by atoms with Crippen LogP contribution in [-0.4, -0.2) is 19.5 Å². The van der Waals surface area contributed by atoms with E-state index in [2.05, 4.69) is 217 Å². The number of nitrogens with zero attached hydrogens (tertiary/aromatic N) is 4. The maximum absolute atomic E-state index is 5.34. The summed E-state index contributed by atoms with van der Waals surface area (Å²) in [6.07, 6.45) is 0. The molecule has 2 aromatic heterocycles. The fourth-order valence-electron chi connectivity index (χ4n) is 8.47. The highest BCUT2D eigenvalue weighted by molar-refractivity contribution is 6.10. The Hall–Kier alpha value is -7.95. The van der Waals surface area contributed by atoms with Crippen LogP contribution in [0.1, 0.15) is 0 Å². The van der Waals surface area contributed by atoms with Crippen LogP contribution in [0.25, 0.3) is 106 Å². The highest BCUT2D eigenvalue weighted by Gasteiger charge is 2.20. The molecule has 0 spiro atoms. The molecule has 11 aromatic rings. The lowest BCUT2D eigenvalue weighted by atomic mass is 9.95. The molecule has 0 N–H and O–H groups in total. The van der Waals surface area contributed by atoms with Gasteiger partial charge in [-0.1, -0.05) is 200 Å². The predicted octanol–water partition coefficient (Wildman–Crippen LogP) is 14.1. The van der Waals surface area contributed by atoms with E-state index < -0.39 is 0 Å². The molecule has 0 aliphatic carbocycles. The molecule has 0 unspecified atom stereocenters. The second kappa shape index (κ2) is 14.5. The molecule has 59 heavy (non-hydrogen) atoms. The van der Waals surface area contributed by atoms with Gasteiger partial charge in [-0.3, -0.25) is 0 Å². The molecule has 0 aliphatic rings. The van der Waals surface area contributed by atoms with Gasteiger partial charge < -0.3 is 4.57 Å². The van der Waals surface area contributed by atoms with Gasteiger partial charge >= 0.3 is 0 Å². The third-order valence-electron chi connectivity index (χ3n) is 11.3. The van der Waals surface area contributed by atoms with Crippen molar-refractivity contribution in [3.05, 3.63) is 218 Å². The van der Waals surface area contributed by atoms with Gasteiger partial charge in [0, 0.05) is 33.0 Å². The number of rotatable bonds is 7. The number of hydrogen-bond donors (Lipinski definition) is 0. The van der Waals surface area contributed by atoms with Crippen LogP contribution >= 0.6 is 0 Å². The topological polar surface area (TPSA) is 43.6 Å². The Labute approximate surface area is 342 Å². The standard InChI is InChI=1S/C55H36N4/c1-4-16-37(17-5-1)38-30-32-41(33-31-38)53-56-54(58-55(57-53)49-27-15-25-45-43(24-14-26-46(45)49)39-18-6-2-7-19-39)42-34-35-44(40-20-8-3-9-21-40)52(36-42)59-50-28-12-10-22-47(50)48-23-11-13-29-51(48)59/h1-36H. The zero-order valence-electron chi connectivity index (χ0n) is 32.1. The highest BCUT2D eigenvalue weighted by Crippen LogP contribution is 2.39. The summed E-state index contributed by atoms with van der Waals surface area (Å²) < 4.78 is 2.39. The molecule has 0 amide bonds. The normalized spacial score (nSPS) is 11.4. The monoisotopic (exact) mass is 752 g/mol. The molecule has 2 heterocycles. The summed E-state index contributed by atoms with van der Waals surface area (Å²) in [6, 6.07) is 76.9. The number of hydrogen-bond acceptors (Lipinski definition) is 3. The van der Waals surface area contributed by atoms with Crippen molar-refractivity contribution >= 4 is 32.6 Å². The molecule has 0 aliphatic heterocycles. The third kappa shape index (κ3) is 6.15. The zero-order valence-corrected chi connectivity index (χ0v) is 32.1. The quantitative estimate of drug-likeness (QED) is 0.163. The summed E-state index contributed by atoms with van der Waals surface area (Å²) in [7, 11) is 0. The number of para-hydroxylation sites is 2. The molecule has 9 aromatic carbocycles.